The fraction of sp³-hybridized carbons (Fsp3) is 0.514. The summed E-state index contributed by atoms with van der Waals surface area (Å²) in [7, 11) is 0. The lowest BCUT2D eigenvalue weighted by Gasteiger charge is -2.23. The standard InChI is InChI=1S/C35H47FO4/c1-27(2)35(37)40-34-22-19-31(25-33(34)36)30-17-20-32(21-18-30)39-24-12-10-8-6-4-5-7-9-11-23-38-26-29-15-13-28(3)14-16-29/h17-22,25,29H,1,3-16,23-24,26H2,2H3. The van der Waals surface area contributed by atoms with Gasteiger partial charge in [-0.25, -0.2) is 9.18 Å². The normalized spacial score (nSPS) is 13.8. The average molecular weight is 551 g/mol. The van der Waals surface area contributed by atoms with Crippen molar-refractivity contribution in [2.45, 2.75) is 90.4 Å². The molecule has 0 aliphatic heterocycles. The molecule has 0 unspecified atom stereocenters. The Balaban J connectivity index is 1.17. The molecule has 0 amide bonds. The number of unbranched alkanes of at least 4 members (excludes halogenated alkanes) is 8. The van der Waals surface area contributed by atoms with Gasteiger partial charge in [-0.3, -0.25) is 0 Å². The smallest absolute Gasteiger partial charge is 0.338 e. The molecule has 40 heavy (non-hydrogen) atoms. The van der Waals surface area contributed by atoms with Crippen molar-refractivity contribution in [3.8, 4) is 22.6 Å². The number of ether oxygens (including phenoxy) is 3. The van der Waals surface area contributed by atoms with Gasteiger partial charge < -0.3 is 14.2 Å². The third-order valence-electron chi connectivity index (χ3n) is 7.54. The molecule has 2 aromatic carbocycles. The number of esters is 1. The van der Waals surface area contributed by atoms with E-state index in [1.807, 2.05) is 24.3 Å². The summed E-state index contributed by atoms with van der Waals surface area (Å²) in [4.78, 5) is 11.6. The van der Waals surface area contributed by atoms with Crippen LogP contribution >= 0.6 is 0 Å². The van der Waals surface area contributed by atoms with Crippen molar-refractivity contribution in [2.75, 3.05) is 19.8 Å². The van der Waals surface area contributed by atoms with E-state index in [-0.39, 0.29) is 11.3 Å². The van der Waals surface area contributed by atoms with Crippen molar-refractivity contribution < 1.29 is 23.4 Å². The second kappa shape index (κ2) is 17.7. The van der Waals surface area contributed by atoms with Crippen LogP contribution in [0.1, 0.15) is 90.4 Å². The predicted molar refractivity (Wildman–Crippen MR) is 161 cm³/mol. The SMILES string of the molecule is C=C1CCC(COCCCCCCCCCCCOc2ccc(-c3ccc(OC(=O)C(=C)C)c(F)c3)cc2)CC1. The highest BCUT2D eigenvalue weighted by molar-refractivity contribution is 5.88. The Kier molecular flexibility index (Phi) is 14.0. The molecule has 3 rings (SSSR count). The summed E-state index contributed by atoms with van der Waals surface area (Å²) < 4.78 is 31.2. The summed E-state index contributed by atoms with van der Waals surface area (Å²) in [5.74, 6) is 0.230. The molecule has 0 N–H and O–H groups in total. The highest BCUT2D eigenvalue weighted by Gasteiger charge is 2.15. The third-order valence-corrected chi connectivity index (χ3v) is 7.54. The van der Waals surface area contributed by atoms with Crippen LogP contribution in [0.3, 0.4) is 0 Å². The van der Waals surface area contributed by atoms with Gasteiger partial charge in [0.05, 0.1) is 6.61 Å². The molecule has 0 radical (unpaired) electrons. The van der Waals surface area contributed by atoms with Gasteiger partial charge in [-0.15, -0.1) is 0 Å². The maximum atomic E-state index is 14.4. The highest BCUT2D eigenvalue weighted by atomic mass is 19.1. The van der Waals surface area contributed by atoms with E-state index in [2.05, 4.69) is 13.2 Å². The second-order valence-corrected chi connectivity index (χ2v) is 11.1. The van der Waals surface area contributed by atoms with Gasteiger partial charge in [0.2, 0.25) is 0 Å². The van der Waals surface area contributed by atoms with Gasteiger partial charge in [0.15, 0.2) is 11.6 Å². The lowest BCUT2D eigenvalue weighted by Crippen LogP contribution is -2.14. The molecule has 1 saturated carbocycles. The minimum Gasteiger partial charge on any atom is -0.494 e. The minimum atomic E-state index is -0.641. The topological polar surface area (TPSA) is 44.8 Å². The van der Waals surface area contributed by atoms with E-state index in [0.717, 1.165) is 36.9 Å². The van der Waals surface area contributed by atoms with E-state index in [0.29, 0.717) is 12.2 Å². The van der Waals surface area contributed by atoms with Crippen molar-refractivity contribution in [1.82, 2.24) is 0 Å². The van der Waals surface area contributed by atoms with Crippen LogP contribution in [0.25, 0.3) is 11.1 Å². The van der Waals surface area contributed by atoms with Crippen LogP contribution in [-0.4, -0.2) is 25.8 Å². The van der Waals surface area contributed by atoms with Crippen molar-refractivity contribution in [2.24, 2.45) is 5.92 Å². The monoisotopic (exact) mass is 550 g/mol. The number of carbonyl (C=O) groups excluding carboxylic acids is 1. The second-order valence-electron chi connectivity index (χ2n) is 11.1. The molecule has 1 aliphatic rings. The van der Waals surface area contributed by atoms with E-state index in [9.17, 15) is 9.18 Å². The van der Waals surface area contributed by atoms with Gasteiger partial charge in [0.1, 0.15) is 5.75 Å². The number of rotatable bonds is 18. The van der Waals surface area contributed by atoms with Crippen LogP contribution in [-0.2, 0) is 9.53 Å². The zero-order chi connectivity index (χ0) is 28.6. The lowest BCUT2D eigenvalue weighted by molar-refractivity contribution is -0.130. The largest absolute Gasteiger partial charge is 0.494 e. The van der Waals surface area contributed by atoms with Gasteiger partial charge >= 0.3 is 5.97 Å². The molecule has 0 aromatic heterocycles. The Morgan fingerprint density at radius 2 is 1.43 bits per heavy atom. The maximum absolute atomic E-state index is 14.4. The summed E-state index contributed by atoms with van der Waals surface area (Å²) in [5.41, 5.74) is 3.20. The minimum absolute atomic E-state index is 0.102. The molecule has 1 aliphatic carbocycles. The molecular formula is C35H47FO4. The Hall–Kier alpha value is -2.92. The maximum Gasteiger partial charge on any atom is 0.338 e. The van der Waals surface area contributed by atoms with Crippen molar-refractivity contribution >= 4 is 5.97 Å². The Morgan fingerprint density at radius 1 is 0.850 bits per heavy atom. The van der Waals surface area contributed by atoms with E-state index in [1.165, 1.54) is 102 Å². The van der Waals surface area contributed by atoms with Crippen LogP contribution in [0.15, 0.2) is 66.8 Å². The molecule has 0 saturated heterocycles. The first-order chi connectivity index (χ1) is 19.4. The third kappa shape index (κ3) is 11.7. The quantitative estimate of drug-likeness (QED) is 0.0609. The number of halogens is 1. The summed E-state index contributed by atoms with van der Waals surface area (Å²) in [6, 6.07) is 12.2. The summed E-state index contributed by atoms with van der Waals surface area (Å²) in [5, 5.41) is 0. The van der Waals surface area contributed by atoms with E-state index in [1.54, 1.807) is 6.07 Å². The summed E-state index contributed by atoms with van der Waals surface area (Å²) in [6.07, 6.45) is 16.1. The Labute approximate surface area is 240 Å². The van der Waals surface area contributed by atoms with Crippen LogP contribution < -0.4 is 9.47 Å². The van der Waals surface area contributed by atoms with Gasteiger partial charge in [-0.2, -0.15) is 0 Å². The average Bonchev–Trinajstić information content (AvgIpc) is 2.95. The number of hydrogen-bond acceptors (Lipinski definition) is 4. The molecule has 2 aromatic rings. The molecule has 5 heteroatoms. The lowest BCUT2D eigenvalue weighted by atomic mass is 9.87. The number of allylic oxidation sites excluding steroid dienone is 1. The van der Waals surface area contributed by atoms with Crippen LogP contribution in [0.2, 0.25) is 0 Å². The van der Waals surface area contributed by atoms with Gasteiger partial charge in [-0.05, 0) is 86.8 Å². The number of hydrogen-bond donors (Lipinski definition) is 0. The van der Waals surface area contributed by atoms with Crippen molar-refractivity contribution in [3.05, 3.63) is 72.6 Å². The molecule has 0 spiro atoms. The fourth-order valence-corrected chi connectivity index (χ4v) is 4.93. The molecule has 0 bridgehead atoms. The van der Waals surface area contributed by atoms with Crippen molar-refractivity contribution in [1.29, 1.82) is 0 Å². The van der Waals surface area contributed by atoms with Gasteiger partial charge in [0.25, 0.3) is 0 Å². The van der Waals surface area contributed by atoms with Crippen LogP contribution in [0.4, 0.5) is 4.39 Å². The number of benzene rings is 2. The summed E-state index contributed by atoms with van der Waals surface area (Å²) in [6.45, 7) is 11.7. The number of carbonyl (C=O) groups is 1. The Bertz CT molecular complexity index is 1070. The van der Waals surface area contributed by atoms with Crippen LogP contribution in [0, 0.1) is 11.7 Å². The molecular weight excluding hydrogens is 503 g/mol. The van der Waals surface area contributed by atoms with E-state index < -0.39 is 11.8 Å². The zero-order valence-corrected chi connectivity index (χ0v) is 24.4. The van der Waals surface area contributed by atoms with Gasteiger partial charge in [0, 0.05) is 18.8 Å². The first-order valence-electron chi connectivity index (χ1n) is 15.1. The molecule has 0 heterocycles. The Morgan fingerprint density at radius 3 is 2.02 bits per heavy atom. The fourth-order valence-electron chi connectivity index (χ4n) is 4.93. The highest BCUT2D eigenvalue weighted by Crippen LogP contribution is 2.28. The van der Waals surface area contributed by atoms with E-state index >= 15 is 0 Å². The predicted octanol–water partition coefficient (Wildman–Crippen LogP) is 9.63. The zero-order valence-electron chi connectivity index (χ0n) is 24.4. The summed E-state index contributed by atoms with van der Waals surface area (Å²) >= 11 is 0. The van der Waals surface area contributed by atoms with Crippen LogP contribution in [0.5, 0.6) is 11.5 Å². The first kappa shape index (κ1) is 31.6. The van der Waals surface area contributed by atoms with E-state index in [4.69, 9.17) is 14.2 Å². The molecule has 218 valence electrons. The van der Waals surface area contributed by atoms with Crippen molar-refractivity contribution in [3.63, 3.8) is 0 Å². The molecule has 4 nitrogen and oxygen atoms in total. The van der Waals surface area contributed by atoms with Gasteiger partial charge in [-0.1, -0.05) is 81.9 Å². The first-order valence-corrected chi connectivity index (χ1v) is 15.1. The molecule has 0 atom stereocenters. The molecule has 1 fully saturated rings.